The molecular formula is C17H18ClN3O6S. The highest BCUT2D eigenvalue weighted by atomic mass is 35.5. The number of nitrogens with one attached hydrogen (secondary N) is 1. The van der Waals surface area contributed by atoms with E-state index in [1.807, 2.05) is 0 Å². The molecule has 2 rings (SSSR count). The second kappa shape index (κ2) is 9.00. The predicted molar refractivity (Wildman–Crippen MR) is 104 cm³/mol. The van der Waals surface area contributed by atoms with Crippen LogP contribution in [0.3, 0.4) is 0 Å². The van der Waals surface area contributed by atoms with E-state index in [4.69, 9.17) is 16.3 Å². The number of nitrogens with zero attached hydrogens (tertiary/aromatic N) is 2. The lowest BCUT2D eigenvalue weighted by molar-refractivity contribution is -0.384. The first-order chi connectivity index (χ1) is 13.2. The van der Waals surface area contributed by atoms with Gasteiger partial charge in [-0.05, 0) is 24.3 Å². The molecule has 0 aliphatic carbocycles. The van der Waals surface area contributed by atoms with Crippen LogP contribution in [0.5, 0.6) is 5.75 Å². The minimum absolute atomic E-state index is 0.0361. The van der Waals surface area contributed by atoms with Gasteiger partial charge in [0.05, 0.1) is 28.5 Å². The number of hydrogen-bond donors (Lipinski definition) is 1. The fraction of sp³-hybridized carbons (Fsp3) is 0.235. The quantitative estimate of drug-likeness (QED) is 0.511. The molecule has 0 fully saturated rings. The Morgan fingerprint density at radius 1 is 1.29 bits per heavy atom. The van der Waals surface area contributed by atoms with E-state index in [1.165, 1.54) is 49.6 Å². The van der Waals surface area contributed by atoms with Gasteiger partial charge in [-0.15, -0.1) is 0 Å². The summed E-state index contributed by atoms with van der Waals surface area (Å²) in [7, 11) is -2.57. The van der Waals surface area contributed by atoms with Crippen molar-refractivity contribution in [2.75, 3.05) is 25.5 Å². The minimum Gasteiger partial charge on any atom is -0.495 e. The van der Waals surface area contributed by atoms with Gasteiger partial charge in [0, 0.05) is 24.4 Å². The standard InChI is InChI=1S/C17H18ClN3O6S/c1-3-20(28(25,26)14-7-8-16(27-2)15(18)10-14)11-17(22)19-12-5-4-6-13(9-12)21(23)24/h4-10H,3,11H2,1-2H3,(H,19,22). The molecule has 1 N–H and O–H groups in total. The summed E-state index contributed by atoms with van der Waals surface area (Å²) in [5.74, 6) is -0.308. The summed E-state index contributed by atoms with van der Waals surface area (Å²) in [6, 6.07) is 9.36. The van der Waals surface area contributed by atoms with Gasteiger partial charge in [-0.2, -0.15) is 4.31 Å². The monoisotopic (exact) mass is 427 g/mol. The van der Waals surface area contributed by atoms with Crippen molar-refractivity contribution in [3.63, 3.8) is 0 Å². The first-order valence-electron chi connectivity index (χ1n) is 8.07. The Labute approximate surface area is 167 Å². The molecule has 1 amide bonds. The number of nitro benzene ring substituents is 1. The van der Waals surface area contributed by atoms with E-state index in [-0.39, 0.29) is 27.8 Å². The maximum absolute atomic E-state index is 12.8. The zero-order valence-corrected chi connectivity index (χ0v) is 16.7. The van der Waals surface area contributed by atoms with Gasteiger partial charge >= 0.3 is 0 Å². The molecule has 0 aliphatic heterocycles. The first-order valence-corrected chi connectivity index (χ1v) is 9.88. The number of carbonyl (C=O) groups is 1. The zero-order chi connectivity index (χ0) is 20.9. The smallest absolute Gasteiger partial charge is 0.271 e. The Hall–Kier alpha value is -2.69. The van der Waals surface area contributed by atoms with Gasteiger partial charge in [-0.25, -0.2) is 8.42 Å². The Balaban J connectivity index is 2.18. The van der Waals surface area contributed by atoms with Crippen LogP contribution in [0, 0.1) is 10.1 Å². The maximum Gasteiger partial charge on any atom is 0.271 e. The van der Waals surface area contributed by atoms with E-state index in [1.54, 1.807) is 6.92 Å². The average Bonchev–Trinajstić information content (AvgIpc) is 2.66. The molecule has 11 heteroatoms. The summed E-state index contributed by atoms with van der Waals surface area (Å²) in [5, 5.41) is 13.4. The fourth-order valence-corrected chi connectivity index (χ4v) is 4.14. The molecule has 0 radical (unpaired) electrons. The van der Waals surface area contributed by atoms with E-state index < -0.39 is 27.4 Å². The van der Waals surface area contributed by atoms with Crippen LogP contribution < -0.4 is 10.1 Å². The number of likely N-dealkylation sites (N-methyl/N-ethyl adjacent to an activating group) is 1. The summed E-state index contributed by atoms with van der Waals surface area (Å²) in [4.78, 5) is 22.4. The molecule has 0 bridgehead atoms. The van der Waals surface area contributed by atoms with Crippen LogP contribution >= 0.6 is 11.6 Å². The van der Waals surface area contributed by atoms with Gasteiger partial charge in [0.15, 0.2) is 0 Å². The first kappa shape index (κ1) is 21.6. The van der Waals surface area contributed by atoms with Gasteiger partial charge in [0.1, 0.15) is 5.75 Å². The minimum atomic E-state index is -3.98. The third-order valence-electron chi connectivity index (χ3n) is 3.77. The van der Waals surface area contributed by atoms with Crippen molar-refractivity contribution in [2.24, 2.45) is 0 Å². The zero-order valence-electron chi connectivity index (χ0n) is 15.1. The number of anilines is 1. The van der Waals surface area contributed by atoms with Crippen molar-refractivity contribution in [1.29, 1.82) is 0 Å². The summed E-state index contributed by atoms with van der Waals surface area (Å²) in [6.07, 6.45) is 0. The molecule has 150 valence electrons. The van der Waals surface area contributed by atoms with Gasteiger partial charge in [-0.3, -0.25) is 14.9 Å². The predicted octanol–water partition coefficient (Wildman–Crippen LogP) is 2.91. The number of non-ortho nitro benzene ring substituents is 1. The number of methoxy groups -OCH3 is 1. The van der Waals surface area contributed by atoms with Crippen LogP contribution in [0.1, 0.15) is 6.92 Å². The number of amides is 1. The normalized spacial score (nSPS) is 11.3. The third kappa shape index (κ3) is 4.97. The van der Waals surface area contributed by atoms with Crippen molar-refractivity contribution in [1.82, 2.24) is 4.31 Å². The van der Waals surface area contributed by atoms with E-state index in [2.05, 4.69) is 5.32 Å². The summed E-state index contributed by atoms with van der Waals surface area (Å²) in [6.45, 7) is 1.16. The highest BCUT2D eigenvalue weighted by Crippen LogP contribution is 2.28. The van der Waals surface area contributed by atoms with Crippen molar-refractivity contribution in [3.8, 4) is 5.75 Å². The lowest BCUT2D eigenvalue weighted by Gasteiger charge is -2.20. The summed E-state index contributed by atoms with van der Waals surface area (Å²) >= 11 is 5.99. The Morgan fingerprint density at radius 2 is 2.00 bits per heavy atom. The number of sulfonamides is 1. The van der Waals surface area contributed by atoms with Crippen LogP contribution in [-0.4, -0.2) is 43.8 Å². The number of benzene rings is 2. The molecule has 0 spiro atoms. The van der Waals surface area contributed by atoms with E-state index in [0.29, 0.717) is 5.75 Å². The van der Waals surface area contributed by atoms with Crippen molar-refractivity contribution >= 4 is 38.9 Å². The molecule has 0 aliphatic rings. The Bertz CT molecular complexity index is 996. The second-order valence-electron chi connectivity index (χ2n) is 5.58. The molecule has 0 saturated carbocycles. The largest absolute Gasteiger partial charge is 0.495 e. The lowest BCUT2D eigenvalue weighted by Crippen LogP contribution is -2.37. The number of hydrogen-bond acceptors (Lipinski definition) is 6. The number of carbonyl (C=O) groups excluding carboxylic acids is 1. The molecule has 0 unspecified atom stereocenters. The lowest BCUT2D eigenvalue weighted by atomic mass is 10.3. The number of ether oxygens (including phenoxy) is 1. The molecule has 0 aromatic heterocycles. The van der Waals surface area contributed by atoms with Crippen molar-refractivity contribution < 1.29 is 22.9 Å². The highest BCUT2D eigenvalue weighted by Gasteiger charge is 2.26. The Kier molecular flexibility index (Phi) is 6.95. The molecular weight excluding hydrogens is 410 g/mol. The summed E-state index contributed by atoms with van der Waals surface area (Å²) < 4.78 is 31.6. The van der Waals surface area contributed by atoms with Crippen LogP contribution in [0.25, 0.3) is 0 Å². The number of rotatable bonds is 8. The number of nitro groups is 1. The number of halogens is 1. The van der Waals surface area contributed by atoms with Gasteiger partial charge in [-0.1, -0.05) is 24.6 Å². The van der Waals surface area contributed by atoms with Crippen LogP contribution in [0.2, 0.25) is 5.02 Å². The molecule has 0 heterocycles. The second-order valence-corrected chi connectivity index (χ2v) is 7.93. The molecule has 9 nitrogen and oxygen atoms in total. The van der Waals surface area contributed by atoms with E-state index in [9.17, 15) is 23.3 Å². The van der Waals surface area contributed by atoms with E-state index >= 15 is 0 Å². The third-order valence-corrected chi connectivity index (χ3v) is 5.99. The Morgan fingerprint density at radius 3 is 2.57 bits per heavy atom. The van der Waals surface area contributed by atoms with Crippen molar-refractivity contribution in [2.45, 2.75) is 11.8 Å². The SMILES string of the molecule is CCN(CC(=O)Nc1cccc([N+](=O)[O-])c1)S(=O)(=O)c1ccc(OC)c(Cl)c1. The highest BCUT2D eigenvalue weighted by molar-refractivity contribution is 7.89. The fourth-order valence-electron chi connectivity index (χ4n) is 2.38. The van der Waals surface area contributed by atoms with Gasteiger partial charge in [0.25, 0.3) is 5.69 Å². The molecule has 2 aromatic carbocycles. The van der Waals surface area contributed by atoms with Crippen LogP contribution in [0.4, 0.5) is 11.4 Å². The van der Waals surface area contributed by atoms with Gasteiger partial charge < -0.3 is 10.1 Å². The maximum atomic E-state index is 12.8. The van der Waals surface area contributed by atoms with Crippen molar-refractivity contribution in [3.05, 3.63) is 57.6 Å². The molecule has 28 heavy (non-hydrogen) atoms. The average molecular weight is 428 g/mol. The van der Waals surface area contributed by atoms with Crippen LogP contribution in [0.15, 0.2) is 47.4 Å². The molecule has 0 saturated heterocycles. The summed E-state index contributed by atoms with van der Waals surface area (Å²) in [5.41, 5.74) is 0.00536. The van der Waals surface area contributed by atoms with E-state index in [0.717, 1.165) is 4.31 Å². The molecule has 0 atom stereocenters. The topological polar surface area (TPSA) is 119 Å². The van der Waals surface area contributed by atoms with Crippen LogP contribution in [-0.2, 0) is 14.8 Å². The molecule has 2 aromatic rings. The van der Waals surface area contributed by atoms with Gasteiger partial charge in [0.2, 0.25) is 15.9 Å².